The zero-order valence-electron chi connectivity index (χ0n) is 22.5. The summed E-state index contributed by atoms with van der Waals surface area (Å²) < 4.78 is 8.37. The van der Waals surface area contributed by atoms with Gasteiger partial charge in [0.2, 0.25) is 0 Å². The number of hydrogen-bond acceptors (Lipinski definition) is 6. The molecule has 0 bridgehead atoms. The summed E-state index contributed by atoms with van der Waals surface area (Å²) >= 11 is 1.32. The van der Waals surface area contributed by atoms with Crippen molar-refractivity contribution in [2.75, 3.05) is 0 Å². The standard InChI is InChI=1S/C34H25N3O4S/c38-33-30(20-24-12-5-7-16-29(24)41-21-22-9-2-1-3-10-22)42-34-35-31-27-15-6-4-11-23(27)17-18-28(31)32(36(33)34)25-13-8-14-26(19-25)37(39)40/h1-16,19-20,32H,17-18,21H2/b30-20-. The molecule has 8 heteroatoms. The molecule has 4 aromatic carbocycles. The molecule has 42 heavy (non-hydrogen) atoms. The number of fused-ring (bicyclic) bond motifs is 3. The van der Waals surface area contributed by atoms with Crippen LogP contribution in [0.1, 0.15) is 40.3 Å². The van der Waals surface area contributed by atoms with Gasteiger partial charge in [-0.1, -0.05) is 96.3 Å². The van der Waals surface area contributed by atoms with Crippen LogP contribution in [-0.2, 0) is 13.0 Å². The third-order valence-corrected chi connectivity index (χ3v) is 8.70. The maximum Gasteiger partial charge on any atom is 0.271 e. The number of para-hydroxylation sites is 1. The SMILES string of the molecule is O=c1/c(=C/c2ccccc2OCc2ccccc2)sc2n1C(c1cccc([N+](=O)[O-])c1)C1=C(N=2)c2ccccc2CC1. The molecule has 7 rings (SSSR count). The molecule has 0 amide bonds. The number of aryl methyl sites for hydroxylation is 1. The summed E-state index contributed by atoms with van der Waals surface area (Å²) in [5.41, 5.74) is 6.47. The number of nitro groups is 1. The number of allylic oxidation sites excluding steroid dienone is 1. The van der Waals surface area contributed by atoms with Crippen LogP contribution in [0.3, 0.4) is 0 Å². The van der Waals surface area contributed by atoms with Crippen LogP contribution < -0.4 is 19.6 Å². The smallest absolute Gasteiger partial charge is 0.271 e. The Labute approximate surface area is 245 Å². The first-order valence-corrected chi connectivity index (χ1v) is 14.5. The van der Waals surface area contributed by atoms with Gasteiger partial charge in [0, 0.05) is 23.3 Å². The van der Waals surface area contributed by atoms with Crippen molar-refractivity contribution in [1.82, 2.24) is 4.57 Å². The molecule has 7 nitrogen and oxygen atoms in total. The molecule has 0 spiro atoms. The largest absolute Gasteiger partial charge is 0.488 e. The lowest BCUT2D eigenvalue weighted by atomic mass is 9.83. The Hall–Kier alpha value is -5.08. The van der Waals surface area contributed by atoms with Crippen molar-refractivity contribution in [1.29, 1.82) is 0 Å². The average molecular weight is 572 g/mol. The van der Waals surface area contributed by atoms with Crippen LogP contribution in [0.4, 0.5) is 5.69 Å². The van der Waals surface area contributed by atoms with E-state index >= 15 is 0 Å². The molecule has 0 radical (unpaired) electrons. The van der Waals surface area contributed by atoms with E-state index in [1.165, 1.54) is 23.0 Å². The molecule has 0 saturated heterocycles. The van der Waals surface area contributed by atoms with Crippen molar-refractivity contribution in [2.45, 2.75) is 25.5 Å². The summed E-state index contributed by atoms with van der Waals surface area (Å²) in [6, 6.07) is 31.9. The lowest BCUT2D eigenvalue weighted by molar-refractivity contribution is -0.384. The number of nitrogens with zero attached hydrogens (tertiary/aromatic N) is 3. The zero-order chi connectivity index (χ0) is 28.6. The van der Waals surface area contributed by atoms with Crippen molar-refractivity contribution in [3.05, 3.63) is 166 Å². The van der Waals surface area contributed by atoms with E-state index in [2.05, 4.69) is 12.1 Å². The number of rotatable bonds is 6. The van der Waals surface area contributed by atoms with Gasteiger partial charge in [-0.2, -0.15) is 0 Å². The first-order valence-electron chi connectivity index (χ1n) is 13.7. The van der Waals surface area contributed by atoms with E-state index in [-0.39, 0.29) is 11.2 Å². The number of aromatic nitrogens is 1. The summed E-state index contributed by atoms with van der Waals surface area (Å²) in [6.45, 7) is 0.409. The molecule has 2 heterocycles. The third-order valence-electron chi connectivity index (χ3n) is 7.71. The lowest BCUT2D eigenvalue weighted by Crippen LogP contribution is -2.38. The number of nitro benzene ring substituents is 1. The average Bonchev–Trinajstić information content (AvgIpc) is 3.34. The van der Waals surface area contributed by atoms with Gasteiger partial charge in [-0.15, -0.1) is 0 Å². The monoisotopic (exact) mass is 571 g/mol. The van der Waals surface area contributed by atoms with Gasteiger partial charge in [-0.05, 0) is 47.2 Å². The number of ether oxygens (including phenoxy) is 1. The molecular formula is C34H25N3O4S. The Morgan fingerprint density at radius 1 is 0.952 bits per heavy atom. The molecule has 1 unspecified atom stereocenters. The van der Waals surface area contributed by atoms with E-state index in [9.17, 15) is 14.9 Å². The van der Waals surface area contributed by atoms with Crippen LogP contribution >= 0.6 is 11.3 Å². The van der Waals surface area contributed by atoms with Crippen LogP contribution in [0.15, 0.2) is 118 Å². The normalized spacial score (nSPS) is 15.8. The van der Waals surface area contributed by atoms with E-state index in [1.54, 1.807) is 16.7 Å². The van der Waals surface area contributed by atoms with Crippen LogP contribution in [0.5, 0.6) is 5.75 Å². The van der Waals surface area contributed by atoms with Crippen molar-refractivity contribution in [3.63, 3.8) is 0 Å². The molecule has 5 aromatic rings. The van der Waals surface area contributed by atoms with Crippen molar-refractivity contribution >= 4 is 28.8 Å². The lowest BCUT2D eigenvalue weighted by Gasteiger charge is -2.30. The second kappa shape index (κ2) is 10.7. The highest BCUT2D eigenvalue weighted by molar-refractivity contribution is 7.07. The maximum absolute atomic E-state index is 14.1. The summed E-state index contributed by atoms with van der Waals surface area (Å²) in [5.74, 6) is 0.677. The minimum absolute atomic E-state index is 0.00511. The van der Waals surface area contributed by atoms with Crippen LogP contribution in [0.2, 0.25) is 0 Å². The summed E-state index contributed by atoms with van der Waals surface area (Å²) in [4.78, 5) is 31.0. The van der Waals surface area contributed by atoms with E-state index in [4.69, 9.17) is 9.73 Å². The van der Waals surface area contributed by atoms with Gasteiger partial charge in [0.1, 0.15) is 12.4 Å². The molecule has 1 aliphatic carbocycles. The topological polar surface area (TPSA) is 86.7 Å². The molecular weight excluding hydrogens is 546 g/mol. The number of hydrogen-bond donors (Lipinski definition) is 0. The molecule has 1 aliphatic heterocycles. The summed E-state index contributed by atoms with van der Waals surface area (Å²) in [5, 5.41) is 11.7. The predicted molar refractivity (Wildman–Crippen MR) is 163 cm³/mol. The molecule has 2 aliphatic rings. The fraction of sp³-hybridized carbons (Fsp3) is 0.118. The molecule has 0 fully saturated rings. The van der Waals surface area contributed by atoms with Crippen molar-refractivity contribution in [2.24, 2.45) is 4.99 Å². The van der Waals surface area contributed by atoms with E-state index in [1.807, 2.05) is 78.9 Å². The van der Waals surface area contributed by atoms with Gasteiger partial charge >= 0.3 is 0 Å². The Morgan fingerprint density at radius 3 is 2.60 bits per heavy atom. The van der Waals surface area contributed by atoms with Gasteiger partial charge in [0.15, 0.2) is 4.80 Å². The Morgan fingerprint density at radius 2 is 1.74 bits per heavy atom. The summed E-state index contributed by atoms with van der Waals surface area (Å²) in [6.07, 6.45) is 3.38. The first-order chi connectivity index (χ1) is 20.6. The minimum atomic E-state index is -0.490. The highest BCUT2D eigenvalue weighted by Gasteiger charge is 2.33. The molecule has 1 atom stereocenters. The maximum atomic E-state index is 14.1. The van der Waals surface area contributed by atoms with E-state index in [0.717, 1.165) is 34.4 Å². The summed E-state index contributed by atoms with van der Waals surface area (Å²) in [7, 11) is 0. The number of benzene rings is 4. The van der Waals surface area contributed by atoms with Crippen LogP contribution in [0.25, 0.3) is 11.8 Å². The third kappa shape index (κ3) is 4.65. The highest BCUT2D eigenvalue weighted by Crippen LogP contribution is 2.41. The minimum Gasteiger partial charge on any atom is -0.488 e. The van der Waals surface area contributed by atoms with Crippen molar-refractivity contribution < 1.29 is 9.66 Å². The Bertz CT molecular complexity index is 2060. The van der Waals surface area contributed by atoms with E-state index in [0.29, 0.717) is 33.7 Å². The number of thiazole rings is 1. The Balaban J connectivity index is 1.38. The Kier molecular flexibility index (Phi) is 6.60. The van der Waals surface area contributed by atoms with Gasteiger partial charge in [-0.3, -0.25) is 19.5 Å². The fourth-order valence-electron chi connectivity index (χ4n) is 5.74. The fourth-order valence-corrected chi connectivity index (χ4v) is 6.73. The molecule has 0 saturated carbocycles. The first kappa shape index (κ1) is 25.9. The van der Waals surface area contributed by atoms with Gasteiger partial charge in [-0.25, -0.2) is 4.99 Å². The highest BCUT2D eigenvalue weighted by atomic mass is 32.1. The van der Waals surface area contributed by atoms with Gasteiger partial charge in [0.25, 0.3) is 11.2 Å². The second-order valence-corrected chi connectivity index (χ2v) is 11.3. The van der Waals surface area contributed by atoms with Gasteiger partial charge < -0.3 is 4.74 Å². The van der Waals surface area contributed by atoms with Gasteiger partial charge in [0.05, 0.1) is 21.2 Å². The van der Waals surface area contributed by atoms with Crippen molar-refractivity contribution in [3.8, 4) is 5.75 Å². The van der Waals surface area contributed by atoms with Crippen LogP contribution in [-0.4, -0.2) is 9.49 Å². The molecule has 206 valence electrons. The quantitative estimate of drug-likeness (QED) is 0.190. The molecule has 0 N–H and O–H groups in total. The number of non-ortho nitro benzene ring substituents is 1. The predicted octanol–water partition coefficient (Wildman–Crippen LogP) is 5.81. The second-order valence-electron chi connectivity index (χ2n) is 10.3. The van der Waals surface area contributed by atoms with Crippen LogP contribution in [0, 0.1) is 10.1 Å². The van der Waals surface area contributed by atoms with E-state index < -0.39 is 11.0 Å². The molecule has 1 aromatic heterocycles. The zero-order valence-corrected chi connectivity index (χ0v) is 23.3.